The van der Waals surface area contributed by atoms with Gasteiger partial charge in [-0.05, 0) is 67.6 Å². The van der Waals surface area contributed by atoms with E-state index in [1.54, 1.807) is 77.0 Å². The second-order valence-corrected chi connectivity index (χ2v) is 11.7. The standard InChI is InChI=1S/C28H50/c1-2-4-6-8-10-12-25-21-27(22-25)28-20-19-26(28)18-17-24-15-13-23(14-16-24)11-9-7-5-3-1/h23-28H,1-22H2. The van der Waals surface area contributed by atoms with Crippen molar-refractivity contribution in [3.05, 3.63) is 0 Å². The molecule has 4 bridgehead atoms. The van der Waals surface area contributed by atoms with Gasteiger partial charge in [-0.25, -0.2) is 0 Å². The van der Waals surface area contributed by atoms with Crippen molar-refractivity contribution in [1.29, 1.82) is 0 Å². The predicted molar refractivity (Wildman–Crippen MR) is 123 cm³/mol. The number of hydrogen-bond acceptors (Lipinski definition) is 0. The fourth-order valence-electron chi connectivity index (χ4n) is 7.49. The van der Waals surface area contributed by atoms with Crippen molar-refractivity contribution in [2.24, 2.45) is 35.5 Å². The molecule has 0 heterocycles. The maximum atomic E-state index is 1.62. The summed E-state index contributed by atoms with van der Waals surface area (Å²) in [6, 6.07) is 0. The van der Waals surface area contributed by atoms with Gasteiger partial charge in [0.1, 0.15) is 0 Å². The van der Waals surface area contributed by atoms with Crippen molar-refractivity contribution >= 4 is 0 Å². The Morgan fingerprint density at radius 3 is 1.25 bits per heavy atom. The first-order valence-electron chi connectivity index (χ1n) is 13.9. The molecule has 6 rings (SSSR count). The van der Waals surface area contributed by atoms with Crippen LogP contribution in [0.15, 0.2) is 0 Å². The van der Waals surface area contributed by atoms with Gasteiger partial charge in [-0.1, -0.05) is 109 Å². The van der Waals surface area contributed by atoms with Gasteiger partial charge >= 0.3 is 0 Å². The van der Waals surface area contributed by atoms with E-state index in [-0.39, 0.29) is 0 Å². The first kappa shape index (κ1) is 21.2. The Bertz CT molecular complexity index is 412. The molecular weight excluding hydrogens is 336 g/mol. The molecule has 2 unspecified atom stereocenters. The molecule has 0 radical (unpaired) electrons. The molecule has 0 saturated heterocycles. The van der Waals surface area contributed by atoms with Crippen LogP contribution in [0.5, 0.6) is 0 Å². The van der Waals surface area contributed by atoms with E-state index in [1.165, 1.54) is 64.2 Å². The molecule has 6 fully saturated rings. The Hall–Kier alpha value is 0. The molecule has 6 aliphatic carbocycles. The lowest BCUT2D eigenvalue weighted by Gasteiger charge is -2.49. The van der Waals surface area contributed by atoms with Crippen molar-refractivity contribution in [1.82, 2.24) is 0 Å². The molecule has 2 atom stereocenters. The van der Waals surface area contributed by atoms with Gasteiger partial charge in [0.05, 0.1) is 0 Å². The van der Waals surface area contributed by atoms with Gasteiger partial charge in [0.2, 0.25) is 0 Å². The quantitative estimate of drug-likeness (QED) is 0.389. The highest BCUT2D eigenvalue weighted by Gasteiger charge is 2.42. The van der Waals surface area contributed by atoms with E-state index in [9.17, 15) is 0 Å². The Kier molecular flexibility index (Phi) is 8.65. The number of hydrogen-bond donors (Lipinski definition) is 0. The minimum atomic E-state index is 1.10. The second-order valence-electron chi connectivity index (χ2n) is 11.7. The Balaban J connectivity index is 1.19. The summed E-state index contributed by atoms with van der Waals surface area (Å²) >= 11 is 0. The SMILES string of the molecule is C1CCCCCCC2CC(C2)C2CCC2CCC2CCC(CCCCC1)CC2. The van der Waals surface area contributed by atoms with Crippen molar-refractivity contribution in [3.8, 4) is 0 Å². The van der Waals surface area contributed by atoms with Gasteiger partial charge in [0.15, 0.2) is 0 Å². The highest BCUT2D eigenvalue weighted by Crippen LogP contribution is 2.53. The molecule has 0 amide bonds. The van der Waals surface area contributed by atoms with Crippen LogP contribution >= 0.6 is 0 Å². The Morgan fingerprint density at radius 2 is 0.714 bits per heavy atom. The van der Waals surface area contributed by atoms with Crippen molar-refractivity contribution in [2.75, 3.05) is 0 Å². The smallest absolute Gasteiger partial charge is 0.0357 e. The van der Waals surface area contributed by atoms with E-state index < -0.39 is 0 Å². The maximum Gasteiger partial charge on any atom is -0.0357 e. The normalized spacial score (nSPS) is 42.0. The first-order chi connectivity index (χ1) is 13.9. The lowest BCUT2D eigenvalue weighted by Crippen LogP contribution is -2.39. The maximum absolute atomic E-state index is 1.62. The molecule has 0 aromatic rings. The van der Waals surface area contributed by atoms with Crippen molar-refractivity contribution in [3.63, 3.8) is 0 Å². The minimum absolute atomic E-state index is 1.10. The van der Waals surface area contributed by atoms with Crippen LogP contribution in [0.3, 0.4) is 0 Å². The molecule has 0 aromatic carbocycles. The molecule has 0 spiro atoms. The van der Waals surface area contributed by atoms with Crippen molar-refractivity contribution in [2.45, 2.75) is 141 Å². The van der Waals surface area contributed by atoms with Gasteiger partial charge in [0.25, 0.3) is 0 Å². The second kappa shape index (κ2) is 11.4. The Labute approximate surface area is 177 Å². The lowest BCUT2D eigenvalue weighted by molar-refractivity contribution is 0.00958. The molecule has 6 saturated carbocycles. The summed E-state index contributed by atoms with van der Waals surface area (Å²) < 4.78 is 0. The molecule has 6 aliphatic rings. The van der Waals surface area contributed by atoms with E-state index in [4.69, 9.17) is 0 Å². The monoisotopic (exact) mass is 386 g/mol. The zero-order valence-corrected chi connectivity index (χ0v) is 19.0. The topological polar surface area (TPSA) is 0 Å². The number of fused-ring (bicyclic) bond motifs is 1. The van der Waals surface area contributed by atoms with Crippen LogP contribution in [0.25, 0.3) is 0 Å². The third-order valence-corrected chi connectivity index (χ3v) is 9.74. The molecule has 162 valence electrons. The molecule has 0 nitrogen and oxygen atoms in total. The summed E-state index contributed by atoms with van der Waals surface area (Å²) in [7, 11) is 0. The van der Waals surface area contributed by atoms with E-state index in [2.05, 4.69) is 0 Å². The van der Waals surface area contributed by atoms with Gasteiger partial charge in [0, 0.05) is 0 Å². The van der Waals surface area contributed by atoms with E-state index in [0.717, 1.165) is 35.5 Å². The fraction of sp³-hybridized carbons (Fsp3) is 1.00. The van der Waals surface area contributed by atoms with Crippen molar-refractivity contribution < 1.29 is 0 Å². The summed E-state index contributed by atoms with van der Waals surface area (Å²) in [6.07, 6.45) is 34.2. The van der Waals surface area contributed by atoms with Crippen LogP contribution in [0.2, 0.25) is 0 Å². The molecule has 0 aromatic heterocycles. The lowest BCUT2D eigenvalue weighted by atomic mass is 9.56. The Morgan fingerprint density at radius 1 is 0.286 bits per heavy atom. The summed E-state index contributed by atoms with van der Waals surface area (Å²) in [5.74, 6) is 6.79. The van der Waals surface area contributed by atoms with Gasteiger partial charge in [-0.2, -0.15) is 0 Å². The molecule has 28 heavy (non-hydrogen) atoms. The predicted octanol–water partition coefficient (Wildman–Crippen LogP) is 9.32. The molecule has 0 N–H and O–H groups in total. The van der Waals surface area contributed by atoms with Crippen LogP contribution in [-0.4, -0.2) is 0 Å². The van der Waals surface area contributed by atoms with E-state index >= 15 is 0 Å². The van der Waals surface area contributed by atoms with Crippen LogP contribution in [0, 0.1) is 35.5 Å². The van der Waals surface area contributed by atoms with Gasteiger partial charge in [-0.3, -0.25) is 0 Å². The summed E-state index contributed by atoms with van der Waals surface area (Å²) in [5, 5.41) is 0. The molecule has 0 aliphatic heterocycles. The van der Waals surface area contributed by atoms with Crippen LogP contribution in [0.4, 0.5) is 0 Å². The summed E-state index contributed by atoms with van der Waals surface area (Å²) in [5.41, 5.74) is 0. The molecule has 0 heteroatoms. The zero-order chi connectivity index (χ0) is 19.0. The van der Waals surface area contributed by atoms with E-state index in [1.807, 2.05) is 0 Å². The van der Waals surface area contributed by atoms with Gasteiger partial charge < -0.3 is 0 Å². The van der Waals surface area contributed by atoms with Crippen LogP contribution in [0.1, 0.15) is 141 Å². The molecular formula is C28H50. The average molecular weight is 387 g/mol. The van der Waals surface area contributed by atoms with Crippen LogP contribution < -0.4 is 0 Å². The van der Waals surface area contributed by atoms with E-state index in [0.29, 0.717) is 0 Å². The highest BCUT2D eigenvalue weighted by molar-refractivity contribution is 4.93. The first-order valence-corrected chi connectivity index (χ1v) is 13.9. The third kappa shape index (κ3) is 6.25. The fourth-order valence-corrected chi connectivity index (χ4v) is 7.49. The largest absolute Gasteiger partial charge is 0.0533 e. The van der Waals surface area contributed by atoms with Gasteiger partial charge in [-0.15, -0.1) is 0 Å². The van der Waals surface area contributed by atoms with Crippen LogP contribution in [-0.2, 0) is 0 Å². The third-order valence-electron chi connectivity index (χ3n) is 9.74. The summed E-state index contributed by atoms with van der Waals surface area (Å²) in [4.78, 5) is 0. The zero-order valence-electron chi connectivity index (χ0n) is 19.0. The number of rotatable bonds is 0. The highest BCUT2D eigenvalue weighted by atomic mass is 14.5. The average Bonchev–Trinajstić information content (AvgIpc) is 2.66. The summed E-state index contributed by atoms with van der Waals surface area (Å²) in [6.45, 7) is 0. The minimum Gasteiger partial charge on any atom is -0.0533 e.